The molecule has 25 heavy (non-hydrogen) atoms. The van der Waals surface area contributed by atoms with Gasteiger partial charge >= 0.3 is 5.97 Å². The molecule has 7 heteroatoms. The Morgan fingerprint density at radius 1 is 1.24 bits per heavy atom. The maximum Gasteiger partial charge on any atom is 0.328 e. The van der Waals surface area contributed by atoms with Crippen LogP contribution in [0.3, 0.4) is 0 Å². The molecule has 0 radical (unpaired) electrons. The van der Waals surface area contributed by atoms with E-state index >= 15 is 0 Å². The van der Waals surface area contributed by atoms with Crippen molar-refractivity contribution in [2.75, 3.05) is 26.5 Å². The Balaban J connectivity index is 2.66. The largest absolute Gasteiger partial charge is 0.464 e. The summed E-state index contributed by atoms with van der Waals surface area (Å²) < 4.78 is 22.2. The molecule has 0 aliphatic carbocycles. The second-order valence-corrected chi connectivity index (χ2v) is 8.85. The number of rotatable bonds is 11. The smallest absolute Gasteiger partial charge is 0.328 e. The van der Waals surface area contributed by atoms with Crippen LogP contribution >= 0.6 is 7.37 Å². The first kappa shape index (κ1) is 21.4. The van der Waals surface area contributed by atoms with Crippen molar-refractivity contribution in [3.63, 3.8) is 0 Å². The summed E-state index contributed by atoms with van der Waals surface area (Å²) in [5, 5.41) is 2.70. The molecule has 0 aliphatic heterocycles. The van der Waals surface area contributed by atoms with Crippen LogP contribution in [0.1, 0.15) is 31.7 Å². The first-order valence-corrected chi connectivity index (χ1v) is 10.8. The lowest BCUT2D eigenvalue weighted by Gasteiger charge is -2.19. The third-order valence-corrected chi connectivity index (χ3v) is 5.62. The summed E-state index contributed by atoms with van der Waals surface area (Å²) in [4.78, 5) is 24.5. The summed E-state index contributed by atoms with van der Waals surface area (Å²) in [7, 11) is -1.39. The average Bonchev–Trinajstić information content (AvgIpc) is 2.59. The quantitative estimate of drug-likeness (QED) is 0.368. The molecule has 1 aromatic carbocycles. The Kier molecular flexibility index (Phi) is 9.46. The Morgan fingerprint density at radius 3 is 2.52 bits per heavy atom. The van der Waals surface area contributed by atoms with Crippen LogP contribution in [0.5, 0.6) is 0 Å². The molecule has 6 nitrogen and oxygen atoms in total. The minimum Gasteiger partial charge on any atom is -0.464 e. The summed E-state index contributed by atoms with van der Waals surface area (Å²) in [5.74, 6) is -0.766. The Bertz CT molecular complexity index is 590. The number of unbranched alkanes of at least 4 members (excludes halogenated alkanes) is 1. The van der Waals surface area contributed by atoms with Gasteiger partial charge in [-0.2, -0.15) is 0 Å². The van der Waals surface area contributed by atoms with Crippen molar-refractivity contribution in [1.82, 2.24) is 5.32 Å². The van der Waals surface area contributed by atoms with Gasteiger partial charge in [-0.1, -0.05) is 43.7 Å². The molecule has 0 saturated heterocycles. The molecule has 2 unspecified atom stereocenters. The van der Waals surface area contributed by atoms with E-state index in [9.17, 15) is 14.2 Å². The minimum atomic E-state index is -2.77. The Hall–Kier alpha value is -1.65. The number of benzene rings is 1. The second kappa shape index (κ2) is 11.1. The van der Waals surface area contributed by atoms with Gasteiger partial charge in [0.05, 0.1) is 13.0 Å². The fourth-order valence-corrected chi connectivity index (χ4v) is 3.06. The summed E-state index contributed by atoms with van der Waals surface area (Å²) in [5.41, 5.74) is 0.858. The lowest BCUT2D eigenvalue weighted by molar-refractivity contribution is -0.148. The minimum absolute atomic E-state index is 0.174. The van der Waals surface area contributed by atoms with Gasteiger partial charge < -0.3 is 14.6 Å². The molecule has 2 atom stereocenters. The molecule has 0 saturated carbocycles. The molecule has 1 amide bonds. The highest BCUT2D eigenvalue weighted by Gasteiger charge is 2.25. The highest BCUT2D eigenvalue weighted by atomic mass is 31.2. The summed E-state index contributed by atoms with van der Waals surface area (Å²) in [6.45, 7) is 3.83. The number of esters is 1. The van der Waals surface area contributed by atoms with Crippen molar-refractivity contribution in [3.8, 4) is 0 Å². The molecular formula is C18H28NO5P. The fourth-order valence-electron chi connectivity index (χ4n) is 2.15. The third kappa shape index (κ3) is 8.84. The van der Waals surface area contributed by atoms with Crippen LogP contribution in [0, 0.1) is 0 Å². The first-order valence-electron chi connectivity index (χ1n) is 8.50. The molecule has 1 N–H and O–H groups in total. The maximum absolute atomic E-state index is 12.2. The Labute approximate surface area is 149 Å². The van der Waals surface area contributed by atoms with Crippen LogP contribution in [-0.4, -0.2) is 44.5 Å². The topological polar surface area (TPSA) is 81.7 Å². The number of nitrogens with one attached hydrogen (secondary N) is 1. The van der Waals surface area contributed by atoms with E-state index in [4.69, 9.17) is 9.26 Å². The van der Waals surface area contributed by atoms with E-state index in [1.165, 1.54) is 13.8 Å². The van der Waals surface area contributed by atoms with Crippen molar-refractivity contribution in [3.05, 3.63) is 35.9 Å². The van der Waals surface area contributed by atoms with Crippen LogP contribution in [0.15, 0.2) is 30.3 Å². The van der Waals surface area contributed by atoms with Crippen molar-refractivity contribution in [2.45, 2.75) is 38.6 Å². The predicted molar refractivity (Wildman–Crippen MR) is 98.0 cm³/mol. The van der Waals surface area contributed by atoms with Crippen LogP contribution in [-0.2, 0) is 29.8 Å². The molecule has 0 bridgehead atoms. The van der Waals surface area contributed by atoms with E-state index in [-0.39, 0.29) is 24.9 Å². The van der Waals surface area contributed by atoms with E-state index in [1.807, 2.05) is 37.3 Å². The van der Waals surface area contributed by atoms with Crippen LogP contribution in [0.25, 0.3) is 0 Å². The van der Waals surface area contributed by atoms with Crippen LogP contribution in [0.2, 0.25) is 0 Å². The molecular weight excluding hydrogens is 341 g/mol. The van der Waals surface area contributed by atoms with Gasteiger partial charge in [0.1, 0.15) is 6.04 Å². The first-order chi connectivity index (χ1) is 11.9. The standard InChI is InChI=1S/C18H28NO5P/c1-4-5-12-24-18(21)16(11-13-25(3,22)23-2)19-17(20)14-15-9-7-6-8-10-15/h6-10,16H,4-5,11-14H2,1-3H3,(H,19,20). The normalized spacial score (nSPS) is 14.4. The van der Waals surface area contributed by atoms with Crippen molar-refractivity contribution in [2.24, 2.45) is 0 Å². The molecule has 0 aromatic heterocycles. The predicted octanol–water partition coefficient (Wildman–Crippen LogP) is 3.00. The number of carbonyl (C=O) groups excluding carboxylic acids is 2. The summed E-state index contributed by atoms with van der Waals surface area (Å²) in [6.07, 6.45) is 2.26. The van der Waals surface area contributed by atoms with Gasteiger partial charge in [0.2, 0.25) is 5.91 Å². The molecule has 0 fully saturated rings. The zero-order valence-electron chi connectivity index (χ0n) is 15.2. The molecule has 0 aliphatic rings. The molecule has 1 rings (SSSR count). The van der Waals surface area contributed by atoms with E-state index in [2.05, 4.69) is 5.32 Å². The number of hydrogen-bond acceptors (Lipinski definition) is 5. The number of amides is 1. The van der Waals surface area contributed by atoms with Gasteiger partial charge in [-0.05, 0) is 18.4 Å². The lowest BCUT2D eigenvalue weighted by Crippen LogP contribution is -2.43. The van der Waals surface area contributed by atoms with Gasteiger partial charge in [-0.3, -0.25) is 9.36 Å². The van der Waals surface area contributed by atoms with Crippen molar-refractivity contribution >= 4 is 19.2 Å². The average molecular weight is 369 g/mol. The second-order valence-electron chi connectivity index (χ2n) is 6.01. The van der Waals surface area contributed by atoms with E-state index in [1.54, 1.807) is 0 Å². The van der Waals surface area contributed by atoms with Crippen molar-refractivity contribution < 1.29 is 23.4 Å². The van der Waals surface area contributed by atoms with Gasteiger partial charge in [-0.15, -0.1) is 0 Å². The van der Waals surface area contributed by atoms with E-state index in [0.29, 0.717) is 6.61 Å². The monoisotopic (exact) mass is 369 g/mol. The number of ether oxygens (including phenoxy) is 1. The number of carbonyl (C=O) groups is 2. The summed E-state index contributed by atoms with van der Waals surface area (Å²) in [6, 6.07) is 8.45. The summed E-state index contributed by atoms with van der Waals surface area (Å²) >= 11 is 0. The lowest BCUT2D eigenvalue weighted by atomic mass is 10.1. The molecule has 0 heterocycles. The van der Waals surface area contributed by atoms with Crippen molar-refractivity contribution in [1.29, 1.82) is 0 Å². The van der Waals surface area contributed by atoms with Gasteiger partial charge in [0.15, 0.2) is 7.37 Å². The molecule has 0 spiro atoms. The zero-order chi connectivity index (χ0) is 18.7. The van der Waals surface area contributed by atoms with E-state index in [0.717, 1.165) is 18.4 Å². The highest BCUT2D eigenvalue weighted by molar-refractivity contribution is 7.58. The molecule has 1 aromatic rings. The maximum atomic E-state index is 12.2. The van der Waals surface area contributed by atoms with Gasteiger partial charge in [0.25, 0.3) is 0 Å². The molecule has 140 valence electrons. The highest BCUT2D eigenvalue weighted by Crippen LogP contribution is 2.42. The fraction of sp³-hybridized carbons (Fsp3) is 0.556. The third-order valence-electron chi connectivity index (χ3n) is 3.78. The number of hydrogen-bond donors (Lipinski definition) is 1. The Morgan fingerprint density at radius 2 is 1.92 bits per heavy atom. The van der Waals surface area contributed by atoms with Gasteiger partial charge in [-0.25, -0.2) is 4.79 Å². The van der Waals surface area contributed by atoms with Gasteiger partial charge in [0, 0.05) is 19.9 Å². The van der Waals surface area contributed by atoms with E-state index < -0.39 is 19.4 Å². The zero-order valence-corrected chi connectivity index (χ0v) is 16.1. The van der Waals surface area contributed by atoms with Crippen LogP contribution < -0.4 is 5.32 Å². The van der Waals surface area contributed by atoms with Crippen LogP contribution in [0.4, 0.5) is 0 Å². The SMILES string of the molecule is CCCCOC(=O)C(CCP(C)(=O)OC)NC(=O)Cc1ccccc1.